The van der Waals surface area contributed by atoms with Gasteiger partial charge in [-0.1, -0.05) is 0 Å². The van der Waals surface area contributed by atoms with Crippen LogP contribution in [0.4, 0.5) is 4.79 Å². The van der Waals surface area contributed by atoms with Crippen LogP contribution >= 0.6 is 0 Å². The third-order valence-electron chi connectivity index (χ3n) is 3.76. The fourth-order valence-corrected chi connectivity index (χ4v) is 4.48. The van der Waals surface area contributed by atoms with Gasteiger partial charge in [-0.15, -0.1) is 0 Å². The lowest BCUT2D eigenvalue weighted by molar-refractivity contribution is 0.0860. The number of sulfone groups is 1. The lowest BCUT2D eigenvalue weighted by Crippen LogP contribution is -2.47. The number of hydrogen-bond donors (Lipinski definition) is 2. The first-order valence-corrected chi connectivity index (χ1v) is 8.65. The van der Waals surface area contributed by atoms with Crippen LogP contribution in [-0.2, 0) is 14.6 Å². The molecule has 0 radical (unpaired) electrons. The van der Waals surface area contributed by atoms with Gasteiger partial charge in [0.2, 0.25) is 0 Å². The molecule has 0 aromatic carbocycles. The average molecular weight is 290 g/mol. The number of carbonyl (C=O) groups excluding carboxylic acids is 1. The SMILES string of the molecule is C[C@H](NC(=O)NC[C@H]1CCS(=O)(=O)C1)[C@H]1CCCO1. The van der Waals surface area contributed by atoms with E-state index in [9.17, 15) is 13.2 Å². The van der Waals surface area contributed by atoms with E-state index in [4.69, 9.17) is 4.74 Å². The van der Waals surface area contributed by atoms with Crippen molar-refractivity contribution in [2.24, 2.45) is 5.92 Å². The number of amides is 2. The van der Waals surface area contributed by atoms with E-state index < -0.39 is 9.84 Å². The number of carbonyl (C=O) groups is 1. The molecule has 0 spiro atoms. The molecule has 0 saturated carbocycles. The minimum absolute atomic E-state index is 0.0187. The zero-order valence-electron chi connectivity index (χ0n) is 11.2. The Morgan fingerprint density at radius 3 is 2.79 bits per heavy atom. The van der Waals surface area contributed by atoms with E-state index in [0.717, 1.165) is 19.4 Å². The van der Waals surface area contributed by atoms with Crippen LogP contribution in [0, 0.1) is 5.92 Å². The molecule has 2 saturated heterocycles. The summed E-state index contributed by atoms with van der Waals surface area (Å²) in [5, 5.41) is 5.59. The molecule has 110 valence electrons. The normalized spacial score (nSPS) is 31.0. The van der Waals surface area contributed by atoms with Crippen LogP contribution in [0.15, 0.2) is 0 Å². The molecule has 0 aromatic rings. The zero-order chi connectivity index (χ0) is 13.9. The maximum absolute atomic E-state index is 11.7. The average Bonchev–Trinajstić information content (AvgIpc) is 2.95. The molecule has 2 aliphatic heterocycles. The highest BCUT2D eigenvalue weighted by Crippen LogP contribution is 2.17. The van der Waals surface area contributed by atoms with Crippen LogP contribution in [-0.4, -0.2) is 51.3 Å². The summed E-state index contributed by atoms with van der Waals surface area (Å²) in [6, 6.07) is -0.262. The minimum atomic E-state index is -2.87. The van der Waals surface area contributed by atoms with Crippen molar-refractivity contribution in [2.75, 3.05) is 24.7 Å². The van der Waals surface area contributed by atoms with E-state index in [2.05, 4.69) is 10.6 Å². The molecular weight excluding hydrogens is 268 g/mol. The molecule has 7 heteroatoms. The Morgan fingerprint density at radius 2 is 2.21 bits per heavy atom. The maximum Gasteiger partial charge on any atom is 0.315 e. The molecule has 0 bridgehead atoms. The van der Waals surface area contributed by atoms with Crippen molar-refractivity contribution in [3.8, 4) is 0 Å². The van der Waals surface area contributed by atoms with Gasteiger partial charge in [-0.3, -0.25) is 0 Å². The van der Waals surface area contributed by atoms with Crippen LogP contribution in [0.5, 0.6) is 0 Å². The first-order valence-electron chi connectivity index (χ1n) is 6.83. The van der Waals surface area contributed by atoms with E-state index in [1.54, 1.807) is 0 Å². The smallest absolute Gasteiger partial charge is 0.315 e. The summed E-state index contributed by atoms with van der Waals surface area (Å²) in [7, 11) is -2.87. The second-order valence-corrected chi connectivity index (χ2v) is 7.69. The summed E-state index contributed by atoms with van der Waals surface area (Å²) in [4.78, 5) is 11.7. The van der Waals surface area contributed by atoms with E-state index in [1.165, 1.54) is 0 Å². The minimum Gasteiger partial charge on any atom is -0.376 e. The summed E-state index contributed by atoms with van der Waals surface area (Å²) in [5.41, 5.74) is 0. The number of urea groups is 1. The monoisotopic (exact) mass is 290 g/mol. The van der Waals surface area contributed by atoms with Gasteiger partial charge < -0.3 is 15.4 Å². The molecule has 0 unspecified atom stereocenters. The Morgan fingerprint density at radius 1 is 1.42 bits per heavy atom. The fraction of sp³-hybridized carbons (Fsp3) is 0.917. The topological polar surface area (TPSA) is 84.5 Å². The van der Waals surface area contributed by atoms with Crippen molar-refractivity contribution in [3.63, 3.8) is 0 Å². The van der Waals surface area contributed by atoms with Crippen molar-refractivity contribution < 1.29 is 17.9 Å². The summed E-state index contributed by atoms with van der Waals surface area (Å²) in [6.07, 6.45) is 2.75. The van der Waals surface area contributed by atoms with Crippen LogP contribution in [0.3, 0.4) is 0 Å². The molecule has 2 fully saturated rings. The third-order valence-corrected chi connectivity index (χ3v) is 5.60. The van der Waals surface area contributed by atoms with E-state index in [-0.39, 0.29) is 35.6 Å². The molecule has 19 heavy (non-hydrogen) atoms. The molecule has 3 atom stereocenters. The standard InChI is InChI=1S/C12H22N2O4S/c1-9(11-3-2-5-18-11)14-12(15)13-7-10-4-6-19(16,17)8-10/h9-11H,2-8H2,1H3,(H2,13,14,15)/t9-,10+,11+/m0/s1. The van der Waals surface area contributed by atoms with Crippen molar-refractivity contribution in [2.45, 2.75) is 38.3 Å². The summed E-state index contributed by atoms with van der Waals surface area (Å²) >= 11 is 0. The van der Waals surface area contributed by atoms with Crippen molar-refractivity contribution in [1.29, 1.82) is 0 Å². The molecule has 2 rings (SSSR count). The van der Waals surface area contributed by atoms with Crippen molar-refractivity contribution in [3.05, 3.63) is 0 Å². The highest BCUT2D eigenvalue weighted by Gasteiger charge is 2.28. The predicted molar refractivity (Wildman–Crippen MR) is 71.7 cm³/mol. The third kappa shape index (κ3) is 4.35. The molecule has 0 aliphatic carbocycles. The molecule has 2 aliphatic rings. The second-order valence-electron chi connectivity index (χ2n) is 5.46. The molecule has 2 heterocycles. The van der Waals surface area contributed by atoms with Gasteiger partial charge in [-0.25, -0.2) is 13.2 Å². The molecular formula is C12H22N2O4S. The molecule has 2 N–H and O–H groups in total. The Bertz CT molecular complexity index is 417. The summed E-state index contributed by atoms with van der Waals surface area (Å²) in [5.74, 6) is 0.482. The quantitative estimate of drug-likeness (QED) is 0.779. The van der Waals surface area contributed by atoms with Gasteiger partial charge in [0.25, 0.3) is 0 Å². The van der Waals surface area contributed by atoms with Gasteiger partial charge >= 0.3 is 6.03 Å². The molecule has 2 amide bonds. The zero-order valence-corrected chi connectivity index (χ0v) is 12.0. The van der Waals surface area contributed by atoms with E-state index >= 15 is 0 Å². The van der Waals surface area contributed by atoms with Gasteiger partial charge in [0.05, 0.1) is 23.7 Å². The van der Waals surface area contributed by atoms with Gasteiger partial charge in [-0.2, -0.15) is 0 Å². The molecule has 0 aromatic heterocycles. The first-order chi connectivity index (χ1) is 8.96. The summed E-state index contributed by atoms with van der Waals surface area (Å²) < 4.78 is 28.1. The number of hydrogen-bond acceptors (Lipinski definition) is 4. The largest absolute Gasteiger partial charge is 0.376 e. The van der Waals surface area contributed by atoms with E-state index in [1.807, 2.05) is 6.92 Å². The highest BCUT2D eigenvalue weighted by atomic mass is 32.2. The van der Waals surface area contributed by atoms with Gasteiger partial charge in [0, 0.05) is 13.2 Å². The van der Waals surface area contributed by atoms with Crippen LogP contribution in [0.25, 0.3) is 0 Å². The number of ether oxygens (including phenoxy) is 1. The van der Waals surface area contributed by atoms with Gasteiger partial charge in [-0.05, 0) is 32.1 Å². The Labute approximate surface area is 114 Å². The van der Waals surface area contributed by atoms with Crippen LogP contribution in [0.2, 0.25) is 0 Å². The predicted octanol–water partition coefficient (Wildman–Crippen LogP) is 0.288. The fourth-order valence-electron chi connectivity index (χ4n) is 2.62. The maximum atomic E-state index is 11.7. The van der Waals surface area contributed by atoms with E-state index in [0.29, 0.717) is 13.0 Å². The van der Waals surface area contributed by atoms with Crippen LogP contribution in [0.1, 0.15) is 26.2 Å². The first kappa shape index (κ1) is 14.6. The Balaban J connectivity index is 1.67. The van der Waals surface area contributed by atoms with Gasteiger partial charge in [0.15, 0.2) is 9.84 Å². The number of nitrogens with one attached hydrogen (secondary N) is 2. The lowest BCUT2D eigenvalue weighted by Gasteiger charge is -2.20. The highest BCUT2D eigenvalue weighted by molar-refractivity contribution is 7.91. The van der Waals surface area contributed by atoms with Crippen molar-refractivity contribution >= 4 is 15.9 Å². The second kappa shape index (κ2) is 6.09. The Kier molecular flexibility index (Phi) is 4.67. The Hall–Kier alpha value is -0.820. The van der Waals surface area contributed by atoms with Gasteiger partial charge in [0.1, 0.15) is 0 Å². The summed E-state index contributed by atoms with van der Waals surface area (Å²) in [6.45, 7) is 3.11. The van der Waals surface area contributed by atoms with Crippen LogP contribution < -0.4 is 10.6 Å². The lowest BCUT2D eigenvalue weighted by atomic mass is 10.1. The van der Waals surface area contributed by atoms with Crippen molar-refractivity contribution in [1.82, 2.24) is 10.6 Å². The molecule has 6 nitrogen and oxygen atoms in total. The number of rotatable bonds is 4.